The molecule has 1 fully saturated rings. The maximum Gasteiger partial charge on any atom is 0.330 e. The highest BCUT2D eigenvalue weighted by atomic mass is 79.9. The summed E-state index contributed by atoms with van der Waals surface area (Å²) in [4.78, 5) is 51.0. The van der Waals surface area contributed by atoms with Crippen LogP contribution in [0.3, 0.4) is 0 Å². The van der Waals surface area contributed by atoms with Gasteiger partial charge >= 0.3 is 11.9 Å². The number of fused-ring (bicyclic) bond motifs is 3. The monoisotopic (exact) mass is 521 g/mol. The Morgan fingerprint density at radius 1 is 1.03 bits per heavy atom. The van der Waals surface area contributed by atoms with Crippen molar-refractivity contribution in [1.29, 1.82) is 0 Å². The maximum atomic E-state index is 13.7. The number of halogens is 1. The van der Waals surface area contributed by atoms with Crippen LogP contribution in [0.4, 0.5) is 5.69 Å². The lowest BCUT2D eigenvalue weighted by Gasteiger charge is -2.22. The molecule has 3 aromatic carbocycles. The third kappa shape index (κ3) is 2.93. The number of hydrogen-bond donors (Lipinski definition) is 0. The van der Waals surface area contributed by atoms with Gasteiger partial charge in [-0.2, -0.15) is 0 Å². The first-order valence-corrected chi connectivity index (χ1v) is 11.1. The summed E-state index contributed by atoms with van der Waals surface area (Å²) < 4.78 is 11.8. The molecule has 0 aromatic heterocycles. The van der Waals surface area contributed by atoms with Gasteiger partial charge in [-0.3, -0.25) is 24.5 Å². The number of carbonyl (C=O) groups excluding carboxylic acids is 3. The van der Waals surface area contributed by atoms with Gasteiger partial charge in [0.15, 0.2) is 11.2 Å². The average molecular weight is 522 g/mol. The average Bonchev–Trinajstić information content (AvgIpc) is 3.43. The van der Waals surface area contributed by atoms with E-state index in [1.165, 1.54) is 24.3 Å². The third-order valence-electron chi connectivity index (χ3n) is 6.66. The van der Waals surface area contributed by atoms with E-state index < -0.39 is 33.6 Å². The molecule has 0 N–H and O–H groups in total. The van der Waals surface area contributed by atoms with Crippen molar-refractivity contribution >= 4 is 39.3 Å². The Labute approximate surface area is 201 Å². The number of nitro benzene ring substituents is 1. The summed E-state index contributed by atoms with van der Waals surface area (Å²) in [5.74, 6) is -2.68. The van der Waals surface area contributed by atoms with Gasteiger partial charge in [-0.15, -0.1) is 0 Å². The Morgan fingerprint density at radius 2 is 1.68 bits per heavy atom. The second kappa shape index (κ2) is 7.59. The minimum absolute atomic E-state index is 0.0146. The zero-order chi connectivity index (χ0) is 24.3. The number of esters is 2. The van der Waals surface area contributed by atoms with Crippen molar-refractivity contribution in [3.63, 3.8) is 0 Å². The van der Waals surface area contributed by atoms with Crippen molar-refractivity contribution in [2.75, 3.05) is 0 Å². The predicted octanol–water partition coefficient (Wildman–Crippen LogP) is 4.85. The number of ether oxygens (including phenoxy) is 2. The molecule has 0 amide bonds. The van der Waals surface area contributed by atoms with Crippen LogP contribution in [0.2, 0.25) is 0 Å². The Bertz CT molecular complexity index is 1370. The fraction of sp³-hybridized carbons (Fsp3) is 0.160. The van der Waals surface area contributed by atoms with Crippen LogP contribution in [0.1, 0.15) is 28.8 Å². The van der Waals surface area contributed by atoms with Crippen LogP contribution in [0.25, 0.3) is 0 Å². The minimum Gasteiger partial charge on any atom is -0.426 e. The van der Waals surface area contributed by atoms with Crippen molar-refractivity contribution in [2.45, 2.75) is 12.8 Å². The van der Waals surface area contributed by atoms with E-state index in [-0.39, 0.29) is 17.2 Å². The van der Waals surface area contributed by atoms with Gasteiger partial charge in [0.05, 0.1) is 10.3 Å². The lowest BCUT2D eigenvalue weighted by Crippen LogP contribution is -2.41. The summed E-state index contributed by atoms with van der Waals surface area (Å²) in [5, 5.41) is 10.9. The SMILES string of the molecule is C[C@]1(C(=O)c2ccc(Br)cc2)[C@H]2c3ccccc3OC(=O)[C@]21C(=O)Oc1ccc([N+](=O)[O-])cc1. The molecule has 0 radical (unpaired) electrons. The summed E-state index contributed by atoms with van der Waals surface area (Å²) in [6.45, 7) is 1.57. The number of ketones is 1. The van der Waals surface area contributed by atoms with Crippen LogP contribution in [0, 0.1) is 20.9 Å². The van der Waals surface area contributed by atoms with E-state index in [0.717, 1.165) is 4.47 Å². The molecule has 1 aliphatic heterocycles. The zero-order valence-electron chi connectivity index (χ0n) is 17.7. The number of benzene rings is 3. The molecule has 1 heterocycles. The van der Waals surface area contributed by atoms with Crippen LogP contribution < -0.4 is 9.47 Å². The molecule has 5 rings (SSSR count). The Hall–Kier alpha value is -3.85. The van der Waals surface area contributed by atoms with E-state index in [1.807, 2.05) is 0 Å². The van der Waals surface area contributed by atoms with Gasteiger partial charge in [-0.25, -0.2) is 0 Å². The number of carbonyl (C=O) groups is 3. The van der Waals surface area contributed by atoms with Gasteiger partial charge in [0.2, 0.25) is 0 Å². The first-order chi connectivity index (χ1) is 16.2. The van der Waals surface area contributed by atoms with E-state index in [2.05, 4.69) is 15.9 Å². The highest BCUT2D eigenvalue weighted by Crippen LogP contribution is 2.78. The molecule has 0 saturated heterocycles. The second-order valence-electron chi connectivity index (χ2n) is 8.35. The van der Waals surface area contributed by atoms with Crippen LogP contribution in [0.15, 0.2) is 77.3 Å². The van der Waals surface area contributed by atoms with Gasteiger partial charge in [0.25, 0.3) is 5.69 Å². The molecule has 2 aliphatic rings. The van der Waals surface area contributed by atoms with E-state index in [4.69, 9.17) is 9.47 Å². The Kier molecular flexibility index (Phi) is 4.91. The molecule has 3 atom stereocenters. The number of nitrogens with zero attached hydrogens (tertiary/aromatic N) is 1. The lowest BCUT2D eigenvalue weighted by atomic mass is 9.87. The smallest absolute Gasteiger partial charge is 0.330 e. The van der Waals surface area contributed by atoms with Gasteiger partial charge in [-0.1, -0.05) is 46.3 Å². The summed E-state index contributed by atoms with van der Waals surface area (Å²) in [7, 11) is 0. The van der Waals surface area contributed by atoms with E-state index in [1.54, 1.807) is 55.5 Å². The van der Waals surface area contributed by atoms with Crippen molar-refractivity contribution < 1.29 is 28.8 Å². The van der Waals surface area contributed by atoms with Crippen molar-refractivity contribution in [3.05, 3.63) is 98.5 Å². The van der Waals surface area contributed by atoms with Gasteiger partial charge < -0.3 is 9.47 Å². The summed E-state index contributed by atoms with van der Waals surface area (Å²) >= 11 is 3.34. The maximum absolute atomic E-state index is 13.7. The second-order valence-corrected chi connectivity index (χ2v) is 9.26. The summed E-state index contributed by atoms with van der Waals surface area (Å²) in [6, 6.07) is 18.3. The largest absolute Gasteiger partial charge is 0.426 e. The zero-order valence-corrected chi connectivity index (χ0v) is 19.3. The first kappa shape index (κ1) is 22.0. The number of non-ortho nitro benzene ring substituents is 1. The van der Waals surface area contributed by atoms with Crippen LogP contribution >= 0.6 is 15.9 Å². The lowest BCUT2D eigenvalue weighted by molar-refractivity contribution is -0.384. The number of para-hydroxylation sites is 1. The van der Waals surface area contributed by atoms with Gasteiger partial charge in [0.1, 0.15) is 11.5 Å². The normalized spacial score (nSPS) is 24.3. The number of Topliss-reactive ketones (excluding diaryl/α,β-unsaturated/α-hetero) is 1. The summed E-state index contributed by atoms with van der Waals surface area (Å²) in [5.41, 5.74) is -2.62. The predicted molar refractivity (Wildman–Crippen MR) is 123 cm³/mol. The van der Waals surface area contributed by atoms with Crippen LogP contribution in [-0.4, -0.2) is 22.6 Å². The molecule has 3 aromatic rings. The molecule has 0 spiro atoms. The molecular weight excluding hydrogens is 506 g/mol. The van der Waals surface area contributed by atoms with Gasteiger partial charge in [-0.05, 0) is 37.3 Å². The Morgan fingerprint density at radius 3 is 2.32 bits per heavy atom. The Balaban J connectivity index is 1.59. The molecule has 0 unspecified atom stereocenters. The standard InChI is InChI=1S/C25H16BrNO7/c1-24(21(28)14-6-8-15(26)9-7-14)20-18-4-2-3-5-19(18)34-23(30)25(20,24)22(29)33-17-12-10-16(11-13-17)27(31)32/h2-13,20H,1H3/t20-,24-,25-/m1/s1. The van der Waals surface area contributed by atoms with Crippen LogP contribution in [-0.2, 0) is 9.59 Å². The van der Waals surface area contributed by atoms with E-state index >= 15 is 0 Å². The molecule has 1 aliphatic carbocycles. The van der Waals surface area contributed by atoms with Gasteiger partial charge in [0, 0.05) is 33.7 Å². The van der Waals surface area contributed by atoms with Crippen molar-refractivity contribution in [1.82, 2.24) is 0 Å². The molecular formula is C25H16BrNO7. The molecule has 0 bridgehead atoms. The van der Waals surface area contributed by atoms with Crippen LogP contribution in [0.5, 0.6) is 11.5 Å². The molecule has 170 valence electrons. The highest BCUT2D eigenvalue weighted by Gasteiger charge is 2.89. The topological polar surface area (TPSA) is 113 Å². The molecule has 34 heavy (non-hydrogen) atoms. The summed E-state index contributed by atoms with van der Waals surface area (Å²) in [6.07, 6.45) is 0. The van der Waals surface area contributed by atoms with E-state index in [9.17, 15) is 24.5 Å². The number of rotatable bonds is 5. The van der Waals surface area contributed by atoms with Crippen molar-refractivity contribution in [3.8, 4) is 11.5 Å². The van der Waals surface area contributed by atoms with Crippen molar-refractivity contribution in [2.24, 2.45) is 10.8 Å². The first-order valence-electron chi connectivity index (χ1n) is 10.3. The minimum atomic E-state index is -1.90. The molecule has 9 heteroatoms. The number of nitro groups is 1. The number of hydrogen-bond acceptors (Lipinski definition) is 7. The molecule has 8 nitrogen and oxygen atoms in total. The quantitative estimate of drug-likeness (QED) is 0.118. The molecule has 1 saturated carbocycles. The fourth-order valence-corrected chi connectivity index (χ4v) is 5.20. The van der Waals surface area contributed by atoms with E-state index in [0.29, 0.717) is 16.9 Å². The third-order valence-corrected chi connectivity index (χ3v) is 7.19. The fourth-order valence-electron chi connectivity index (χ4n) is 4.93. The highest BCUT2D eigenvalue weighted by molar-refractivity contribution is 9.10.